The molecule has 8 heteroatoms. The van der Waals surface area contributed by atoms with Crippen molar-refractivity contribution in [3.63, 3.8) is 0 Å². The van der Waals surface area contributed by atoms with E-state index in [0.717, 1.165) is 32.3 Å². The minimum Gasteiger partial charge on any atom is -0.497 e. The van der Waals surface area contributed by atoms with Gasteiger partial charge in [-0.05, 0) is 60.0 Å². The first-order chi connectivity index (χ1) is 17.5. The first-order valence-electron chi connectivity index (χ1n) is 11.4. The van der Waals surface area contributed by atoms with E-state index >= 15 is 0 Å². The summed E-state index contributed by atoms with van der Waals surface area (Å²) in [5.74, 6) is 0.683. The number of benzene rings is 3. The van der Waals surface area contributed by atoms with Gasteiger partial charge in [-0.1, -0.05) is 34.1 Å². The molecule has 0 aliphatic carbocycles. The molecule has 182 valence electrons. The Morgan fingerprint density at radius 3 is 2.72 bits per heavy atom. The van der Waals surface area contributed by atoms with Gasteiger partial charge in [-0.3, -0.25) is 9.59 Å². The molecule has 5 aromatic rings. The number of rotatable bonds is 8. The van der Waals surface area contributed by atoms with E-state index in [9.17, 15) is 9.59 Å². The van der Waals surface area contributed by atoms with Crippen molar-refractivity contribution in [3.05, 3.63) is 105 Å². The second-order valence-electron chi connectivity index (χ2n) is 8.25. The van der Waals surface area contributed by atoms with Gasteiger partial charge in [0.1, 0.15) is 29.1 Å². The number of fused-ring (bicyclic) bond motifs is 2. The lowest BCUT2D eigenvalue weighted by Gasteiger charge is -2.10. The molecule has 0 aliphatic rings. The van der Waals surface area contributed by atoms with Crippen molar-refractivity contribution in [2.75, 3.05) is 13.7 Å². The number of methoxy groups -OCH3 is 1. The van der Waals surface area contributed by atoms with Gasteiger partial charge in [0.15, 0.2) is 11.2 Å². The van der Waals surface area contributed by atoms with E-state index in [2.05, 4.69) is 26.2 Å². The van der Waals surface area contributed by atoms with Gasteiger partial charge in [0.25, 0.3) is 5.91 Å². The Labute approximate surface area is 215 Å². The van der Waals surface area contributed by atoms with Crippen molar-refractivity contribution in [1.82, 2.24) is 10.3 Å². The fourth-order valence-corrected chi connectivity index (χ4v) is 4.31. The molecule has 2 heterocycles. The summed E-state index contributed by atoms with van der Waals surface area (Å²) in [5, 5.41) is 4.18. The maximum Gasteiger partial charge on any atom is 0.287 e. The predicted molar refractivity (Wildman–Crippen MR) is 142 cm³/mol. The number of ether oxygens (including phenoxy) is 2. The van der Waals surface area contributed by atoms with Crippen LogP contribution in [0.4, 0.5) is 0 Å². The molecule has 2 aromatic heterocycles. The molecule has 0 unspecified atom stereocenters. The Hall–Kier alpha value is -4.04. The molecule has 0 saturated carbocycles. The van der Waals surface area contributed by atoms with Crippen LogP contribution in [0.5, 0.6) is 11.5 Å². The highest BCUT2D eigenvalue weighted by atomic mass is 79.9. The zero-order valence-electron chi connectivity index (χ0n) is 19.5. The molecule has 3 aromatic carbocycles. The first kappa shape index (κ1) is 23.7. The minimum atomic E-state index is -0.451. The van der Waals surface area contributed by atoms with Crippen LogP contribution < -0.4 is 20.2 Å². The van der Waals surface area contributed by atoms with Gasteiger partial charge in [0, 0.05) is 34.2 Å². The number of carbonyl (C=O) groups is 1. The van der Waals surface area contributed by atoms with Crippen LogP contribution in [0.3, 0.4) is 0 Å². The van der Waals surface area contributed by atoms with Crippen LogP contribution in [-0.4, -0.2) is 24.5 Å². The molecular formula is C28H23BrN2O5. The summed E-state index contributed by atoms with van der Waals surface area (Å²) in [7, 11) is 1.63. The van der Waals surface area contributed by atoms with E-state index in [1.54, 1.807) is 25.3 Å². The highest BCUT2D eigenvalue weighted by Gasteiger charge is 2.15. The number of nitrogens with one attached hydrogen (secondary N) is 2. The number of aromatic nitrogens is 1. The van der Waals surface area contributed by atoms with E-state index in [0.29, 0.717) is 36.3 Å². The molecule has 0 saturated heterocycles. The lowest BCUT2D eigenvalue weighted by Crippen LogP contribution is -2.26. The Kier molecular flexibility index (Phi) is 6.77. The van der Waals surface area contributed by atoms with E-state index in [1.165, 1.54) is 6.07 Å². The predicted octanol–water partition coefficient (Wildman–Crippen LogP) is 5.60. The number of amides is 1. The second kappa shape index (κ2) is 10.3. The van der Waals surface area contributed by atoms with Gasteiger partial charge in [0.2, 0.25) is 0 Å². The third kappa shape index (κ3) is 4.99. The molecule has 0 spiro atoms. The molecule has 0 bridgehead atoms. The van der Waals surface area contributed by atoms with E-state index in [4.69, 9.17) is 13.9 Å². The van der Waals surface area contributed by atoms with Crippen LogP contribution in [0, 0.1) is 0 Å². The van der Waals surface area contributed by atoms with Crippen LogP contribution in [0.15, 0.2) is 86.6 Å². The van der Waals surface area contributed by atoms with Crippen LogP contribution in [0.2, 0.25) is 0 Å². The Balaban J connectivity index is 1.28. The summed E-state index contributed by atoms with van der Waals surface area (Å²) >= 11 is 3.41. The molecule has 36 heavy (non-hydrogen) atoms. The molecule has 5 rings (SSSR count). The van der Waals surface area contributed by atoms with Crippen molar-refractivity contribution < 1.29 is 18.7 Å². The van der Waals surface area contributed by atoms with Crippen LogP contribution in [0.25, 0.3) is 21.9 Å². The van der Waals surface area contributed by atoms with E-state index in [-0.39, 0.29) is 11.2 Å². The second-order valence-corrected chi connectivity index (χ2v) is 9.17. The third-order valence-corrected chi connectivity index (χ3v) is 6.43. The third-order valence-electron chi connectivity index (χ3n) is 5.90. The molecule has 0 aliphatic heterocycles. The van der Waals surface area contributed by atoms with Gasteiger partial charge in [-0.15, -0.1) is 0 Å². The van der Waals surface area contributed by atoms with Crippen LogP contribution >= 0.6 is 15.9 Å². The number of hydrogen-bond donors (Lipinski definition) is 2. The Morgan fingerprint density at radius 1 is 1.08 bits per heavy atom. The fraction of sp³-hybridized carbons (Fsp3) is 0.143. The summed E-state index contributed by atoms with van der Waals surface area (Å²) in [6, 6.07) is 19.8. The summed E-state index contributed by atoms with van der Waals surface area (Å²) < 4.78 is 18.0. The van der Waals surface area contributed by atoms with Crippen LogP contribution in [-0.2, 0) is 13.0 Å². The van der Waals surface area contributed by atoms with Crippen molar-refractivity contribution in [2.24, 2.45) is 0 Å². The number of hydrogen-bond acceptors (Lipinski definition) is 5. The van der Waals surface area contributed by atoms with Gasteiger partial charge in [-0.2, -0.15) is 0 Å². The number of carbonyl (C=O) groups excluding carboxylic acids is 1. The average molecular weight is 547 g/mol. The lowest BCUT2D eigenvalue weighted by atomic mass is 10.1. The summed E-state index contributed by atoms with van der Waals surface area (Å²) in [5.41, 5.74) is 2.97. The standard InChI is InChI=1S/C28H23BrN2O5/c1-34-20-9-10-22-21(13-20)18(15-31-22)11-12-30-28(33)26-14-23(32)27-24(3-2-4-25(27)36-26)35-16-17-5-7-19(29)8-6-17/h2-10,13-15,31H,11-12,16H2,1H3,(H,30,33). The largest absolute Gasteiger partial charge is 0.497 e. The smallest absolute Gasteiger partial charge is 0.287 e. The topological polar surface area (TPSA) is 93.6 Å². The van der Waals surface area contributed by atoms with Gasteiger partial charge >= 0.3 is 0 Å². The molecule has 0 atom stereocenters. The normalized spacial score (nSPS) is 11.1. The summed E-state index contributed by atoms with van der Waals surface area (Å²) in [6.07, 6.45) is 2.52. The maximum atomic E-state index is 12.9. The summed E-state index contributed by atoms with van der Waals surface area (Å²) in [6.45, 7) is 0.675. The number of halogens is 1. The van der Waals surface area contributed by atoms with Crippen molar-refractivity contribution in [3.8, 4) is 11.5 Å². The Morgan fingerprint density at radius 2 is 1.92 bits per heavy atom. The zero-order valence-corrected chi connectivity index (χ0v) is 21.1. The molecule has 0 radical (unpaired) electrons. The quantitative estimate of drug-likeness (QED) is 0.264. The van der Waals surface area contributed by atoms with E-state index in [1.807, 2.05) is 48.7 Å². The highest BCUT2D eigenvalue weighted by molar-refractivity contribution is 9.10. The average Bonchev–Trinajstić information content (AvgIpc) is 3.30. The number of aromatic amines is 1. The Bertz CT molecular complexity index is 1600. The van der Waals surface area contributed by atoms with Crippen molar-refractivity contribution in [2.45, 2.75) is 13.0 Å². The fourth-order valence-electron chi connectivity index (χ4n) is 4.04. The molecular weight excluding hydrogens is 524 g/mol. The minimum absolute atomic E-state index is 0.0434. The SMILES string of the molecule is COc1ccc2[nH]cc(CCNC(=O)c3cc(=O)c4c(OCc5ccc(Br)cc5)cccc4o3)c2c1. The molecule has 1 amide bonds. The lowest BCUT2D eigenvalue weighted by molar-refractivity contribution is 0.0927. The molecule has 0 fully saturated rings. The van der Waals surface area contributed by atoms with Gasteiger partial charge in [-0.25, -0.2) is 0 Å². The summed E-state index contributed by atoms with van der Waals surface area (Å²) in [4.78, 5) is 28.9. The first-order valence-corrected chi connectivity index (χ1v) is 12.2. The van der Waals surface area contributed by atoms with Crippen molar-refractivity contribution in [1.29, 1.82) is 0 Å². The highest BCUT2D eigenvalue weighted by Crippen LogP contribution is 2.25. The van der Waals surface area contributed by atoms with Gasteiger partial charge < -0.3 is 24.2 Å². The molecule has 7 nitrogen and oxygen atoms in total. The van der Waals surface area contributed by atoms with Gasteiger partial charge in [0.05, 0.1) is 7.11 Å². The monoisotopic (exact) mass is 546 g/mol. The van der Waals surface area contributed by atoms with Crippen molar-refractivity contribution >= 4 is 43.7 Å². The number of H-pyrrole nitrogens is 1. The molecule has 2 N–H and O–H groups in total. The van der Waals surface area contributed by atoms with Crippen LogP contribution in [0.1, 0.15) is 21.7 Å². The van der Waals surface area contributed by atoms with E-state index < -0.39 is 5.91 Å². The maximum absolute atomic E-state index is 12.9. The zero-order chi connectivity index (χ0) is 25.1.